The Bertz CT molecular complexity index is 819. The first kappa shape index (κ1) is 14.6. The van der Waals surface area contributed by atoms with Gasteiger partial charge in [-0.15, -0.1) is 0 Å². The average molecular weight is 318 g/mol. The lowest BCUT2D eigenvalue weighted by molar-refractivity contribution is 0.0734. The maximum absolute atomic E-state index is 12.1. The van der Waals surface area contributed by atoms with E-state index < -0.39 is 22.2 Å². The molecule has 1 atom stereocenters. The Kier molecular flexibility index (Phi) is 3.59. The van der Waals surface area contributed by atoms with Crippen molar-refractivity contribution in [2.24, 2.45) is 0 Å². The van der Waals surface area contributed by atoms with Crippen molar-refractivity contribution in [2.45, 2.75) is 18.0 Å². The number of carbonyl (C=O) groups is 1. The number of anilines is 1. The van der Waals surface area contributed by atoms with Gasteiger partial charge < -0.3 is 10.1 Å². The smallest absolute Gasteiger partial charge is 0.343 e. The van der Waals surface area contributed by atoms with Crippen LogP contribution in [0, 0.1) is 0 Å². The van der Waals surface area contributed by atoms with Gasteiger partial charge in [-0.25, -0.2) is 13.2 Å². The Morgan fingerprint density at radius 1 is 1.14 bits per heavy atom. The standard InChI is InChI=1S/C15H14N2O4S/c1-10-16-13-8-7-12(9-14(13)22(19,20)17-10)21-15(18)11-5-3-2-4-6-11/h2-10,16-17H,1H3. The van der Waals surface area contributed by atoms with Crippen LogP contribution in [0.15, 0.2) is 53.4 Å². The van der Waals surface area contributed by atoms with Crippen LogP contribution in [0.1, 0.15) is 17.3 Å². The molecule has 1 aliphatic rings. The minimum Gasteiger partial charge on any atom is -0.423 e. The van der Waals surface area contributed by atoms with E-state index in [1.807, 2.05) is 0 Å². The highest BCUT2D eigenvalue weighted by Crippen LogP contribution is 2.30. The van der Waals surface area contributed by atoms with Gasteiger partial charge in [0, 0.05) is 6.07 Å². The number of hydrogen-bond donors (Lipinski definition) is 2. The number of carbonyl (C=O) groups excluding carboxylic acids is 1. The normalized spacial score (nSPS) is 18.9. The molecule has 0 spiro atoms. The van der Waals surface area contributed by atoms with E-state index in [1.165, 1.54) is 6.07 Å². The number of nitrogens with one attached hydrogen (secondary N) is 2. The van der Waals surface area contributed by atoms with Crippen LogP contribution in [-0.2, 0) is 10.0 Å². The molecule has 2 aromatic carbocycles. The van der Waals surface area contributed by atoms with Gasteiger partial charge in [0.1, 0.15) is 10.6 Å². The van der Waals surface area contributed by atoms with E-state index in [1.54, 1.807) is 49.4 Å². The third kappa shape index (κ3) is 2.81. The second kappa shape index (κ2) is 5.43. The maximum atomic E-state index is 12.1. The SMILES string of the molecule is CC1Nc2ccc(OC(=O)c3ccccc3)cc2S(=O)(=O)N1. The van der Waals surface area contributed by atoms with Gasteiger partial charge in [-0.3, -0.25) is 0 Å². The molecule has 2 N–H and O–H groups in total. The summed E-state index contributed by atoms with van der Waals surface area (Å²) in [5, 5.41) is 3.00. The van der Waals surface area contributed by atoms with E-state index in [4.69, 9.17) is 4.74 Å². The molecule has 1 aliphatic heterocycles. The van der Waals surface area contributed by atoms with E-state index in [0.29, 0.717) is 11.3 Å². The molecule has 3 rings (SSSR count). The van der Waals surface area contributed by atoms with E-state index in [0.717, 1.165) is 0 Å². The molecule has 1 unspecified atom stereocenters. The van der Waals surface area contributed by atoms with Gasteiger partial charge in [0.05, 0.1) is 17.4 Å². The van der Waals surface area contributed by atoms with Crippen LogP contribution in [0.5, 0.6) is 5.75 Å². The largest absolute Gasteiger partial charge is 0.423 e. The summed E-state index contributed by atoms with van der Waals surface area (Å²) in [4.78, 5) is 12.1. The molecule has 0 aliphatic carbocycles. The summed E-state index contributed by atoms with van der Waals surface area (Å²) in [5.74, 6) is -0.364. The molecular weight excluding hydrogens is 304 g/mol. The quantitative estimate of drug-likeness (QED) is 0.653. The monoisotopic (exact) mass is 318 g/mol. The highest BCUT2D eigenvalue weighted by atomic mass is 32.2. The minimum atomic E-state index is -3.62. The zero-order valence-corrected chi connectivity index (χ0v) is 12.6. The predicted molar refractivity (Wildman–Crippen MR) is 81.2 cm³/mol. The van der Waals surface area contributed by atoms with Crippen molar-refractivity contribution in [3.63, 3.8) is 0 Å². The molecule has 0 radical (unpaired) electrons. The summed E-state index contributed by atoms with van der Waals surface area (Å²) < 4.78 is 31.9. The van der Waals surface area contributed by atoms with Crippen LogP contribution in [0.3, 0.4) is 0 Å². The van der Waals surface area contributed by atoms with Crippen molar-refractivity contribution in [1.82, 2.24) is 4.72 Å². The summed E-state index contributed by atoms with van der Waals surface area (Å²) in [6, 6.07) is 13.0. The number of hydrogen-bond acceptors (Lipinski definition) is 5. The Morgan fingerprint density at radius 2 is 1.86 bits per heavy atom. The number of fused-ring (bicyclic) bond motifs is 1. The lowest BCUT2D eigenvalue weighted by atomic mass is 10.2. The fraction of sp³-hybridized carbons (Fsp3) is 0.133. The summed E-state index contributed by atoms with van der Waals surface area (Å²) in [5.41, 5.74) is 0.874. The van der Waals surface area contributed by atoms with Crippen molar-refractivity contribution < 1.29 is 17.9 Å². The number of benzene rings is 2. The van der Waals surface area contributed by atoms with E-state index in [-0.39, 0.29) is 10.6 Å². The molecule has 7 heteroatoms. The second-order valence-electron chi connectivity index (χ2n) is 4.90. The molecule has 1 heterocycles. The van der Waals surface area contributed by atoms with Gasteiger partial charge in [0.2, 0.25) is 10.0 Å². The first-order chi connectivity index (χ1) is 10.5. The van der Waals surface area contributed by atoms with Crippen LogP contribution in [-0.4, -0.2) is 20.6 Å². The summed E-state index contributed by atoms with van der Waals surface area (Å²) in [7, 11) is -3.62. The van der Waals surface area contributed by atoms with Gasteiger partial charge >= 0.3 is 5.97 Å². The Morgan fingerprint density at radius 3 is 2.59 bits per heavy atom. The first-order valence-electron chi connectivity index (χ1n) is 6.66. The highest BCUT2D eigenvalue weighted by molar-refractivity contribution is 7.89. The number of ether oxygens (including phenoxy) is 1. The Balaban J connectivity index is 1.90. The average Bonchev–Trinajstić information content (AvgIpc) is 2.48. The summed E-state index contributed by atoms with van der Waals surface area (Å²) >= 11 is 0. The molecule has 6 nitrogen and oxygen atoms in total. The van der Waals surface area contributed by atoms with Crippen LogP contribution in [0.4, 0.5) is 5.69 Å². The third-order valence-corrected chi connectivity index (χ3v) is 4.75. The van der Waals surface area contributed by atoms with E-state index >= 15 is 0 Å². The molecule has 22 heavy (non-hydrogen) atoms. The number of sulfonamides is 1. The lowest BCUT2D eigenvalue weighted by Gasteiger charge is -2.25. The van der Waals surface area contributed by atoms with Crippen molar-refractivity contribution in [1.29, 1.82) is 0 Å². The van der Waals surface area contributed by atoms with Gasteiger partial charge in [-0.1, -0.05) is 18.2 Å². The summed E-state index contributed by atoms with van der Waals surface area (Å²) in [6.07, 6.45) is -0.393. The third-order valence-electron chi connectivity index (χ3n) is 3.17. The van der Waals surface area contributed by atoms with Gasteiger partial charge in [0.15, 0.2) is 0 Å². The molecule has 0 bridgehead atoms. The number of rotatable bonds is 2. The van der Waals surface area contributed by atoms with Crippen molar-refractivity contribution >= 4 is 21.7 Å². The molecule has 0 amide bonds. The molecule has 0 aromatic heterocycles. The predicted octanol–water partition coefficient (Wildman–Crippen LogP) is 1.96. The molecule has 0 fully saturated rings. The Labute approximate surface area is 128 Å². The summed E-state index contributed by atoms with van der Waals surface area (Å²) in [6.45, 7) is 1.70. The lowest BCUT2D eigenvalue weighted by Crippen LogP contribution is -2.42. The zero-order chi connectivity index (χ0) is 15.7. The van der Waals surface area contributed by atoms with Crippen molar-refractivity contribution in [3.05, 3.63) is 54.1 Å². The minimum absolute atomic E-state index is 0.0592. The highest BCUT2D eigenvalue weighted by Gasteiger charge is 2.27. The molecule has 114 valence electrons. The first-order valence-corrected chi connectivity index (χ1v) is 8.14. The van der Waals surface area contributed by atoms with E-state index in [2.05, 4.69) is 10.0 Å². The fourth-order valence-electron chi connectivity index (χ4n) is 2.21. The zero-order valence-electron chi connectivity index (χ0n) is 11.7. The second-order valence-corrected chi connectivity index (χ2v) is 6.58. The van der Waals surface area contributed by atoms with Crippen LogP contribution >= 0.6 is 0 Å². The maximum Gasteiger partial charge on any atom is 0.343 e. The van der Waals surface area contributed by atoms with Gasteiger partial charge in [-0.05, 0) is 31.2 Å². The molecule has 0 saturated heterocycles. The fourth-order valence-corrected chi connectivity index (χ4v) is 3.55. The topological polar surface area (TPSA) is 84.5 Å². The van der Waals surface area contributed by atoms with Gasteiger partial charge in [0.25, 0.3) is 0 Å². The van der Waals surface area contributed by atoms with Crippen LogP contribution < -0.4 is 14.8 Å². The number of esters is 1. The van der Waals surface area contributed by atoms with Gasteiger partial charge in [-0.2, -0.15) is 4.72 Å². The molecular formula is C15H14N2O4S. The van der Waals surface area contributed by atoms with Crippen LogP contribution in [0.2, 0.25) is 0 Å². The van der Waals surface area contributed by atoms with Crippen molar-refractivity contribution in [3.8, 4) is 5.75 Å². The van der Waals surface area contributed by atoms with E-state index in [9.17, 15) is 13.2 Å². The van der Waals surface area contributed by atoms with Crippen LogP contribution in [0.25, 0.3) is 0 Å². The Hall–Kier alpha value is -2.38. The molecule has 0 saturated carbocycles. The van der Waals surface area contributed by atoms with Crippen molar-refractivity contribution in [2.75, 3.05) is 5.32 Å². The molecule has 2 aromatic rings.